The maximum atomic E-state index is 2.65. The van der Waals surface area contributed by atoms with E-state index in [0.717, 1.165) is 23.7 Å². The Hall–Kier alpha value is -0.0400. The minimum atomic E-state index is 0.398. The van der Waals surface area contributed by atoms with Gasteiger partial charge >= 0.3 is 0 Å². The Balaban J connectivity index is 1.90. The zero-order valence-electron chi connectivity index (χ0n) is 9.67. The summed E-state index contributed by atoms with van der Waals surface area (Å²) in [6.07, 6.45) is 0. The zero-order chi connectivity index (χ0) is 9.80. The van der Waals surface area contributed by atoms with Gasteiger partial charge < -0.3 is 0 Å². The molecule has 0 amide bonds. The summed E-state index contributed by atoms with van der Waals surface area (Å²) in [7, 11) is 0. The standard InChI is InChI=1S/C12H23N/c1-8(2)11-9-6-13(7-10(9)11)12(3,4)5/h8-11H,6-7H2,1-5H3/t9-,10+,11?. The third kappa shape index (κ3) is 1.52. The van der Waals surface area contributed by atoms with Crippen molar-refractivity contribution in [3.8, 4) is 0 Å². The fourth-order valence-corrected chi connectivity index (χ4v) is 3.11. The summed E-state index contributed by atoms with van der Waals surface area (Å²) in [4.78, 5) is 2.65. The predicted molar refractivity (Wildman–Crippen MR) is 56.6 cm³/mol. The maximum Gasteiger partial charge on any atom is 0.0125 e. The van der Waals surface area contributed by atoms with Crippen LogP contribution in [0, 0.1) is 23.7 Å². The van der Waals surface area contributed by atoms with Gasteiger partial charge in [-0.25, -0.2) is 0 Å². The lowest BCUT2D eigenvalue weighted by Crippen LogP contribution is -2.41. The zero-order valence-corrected chi connectivity index (χ0v) is 9.67. The van der Waals surface area contributed by atoms with Crippen molar-refractivity contribution in [1.29, 1.82) is 0 Å². The van der Waals surface area contributed by atoms with Gasteiger partial charge in [0.25, 0.3) is 0 Å². The van der Waals surface area contributed by atoms with Crippen LogP contribution in [0.4, 0.5) is 0 Å². The van der Waals surface area contributed by atoms with Crippen LogP contribution in [0.2, 0.25) is 0 Å². The summed E-state index contributed by atoms with van der Waals surface area (Å²) in [6.45, 7) is 14.5. The van der Waals surface area contributed by atoms with Gasteiger partial charge in [-0.05, 0) is 44.4 Å². The van der Waals surface area contributed by atoms with Crippen LogP contribution in [0.3, 0.4) is 0 Å². The summed E-state index contributed by atoms with van der Waals surface area (Å²) < 4.78 is 0. The van der Waals surface area contributed by atoms with Crippen LogP contribution in [-0.2, 0) is 0 Å². The van der Waals surface area contributed by atoms with E-state index in [1.54, 1.807) is 0 Å². The van der Waals surface area contributed by atoms with Crippen molar-refractivity contribution in [3.63, 3.8) is 0 Å². The molecule has 0 bridgehead atoms. The molecule has 1 nitrogen and oxygen atoms in total. The van der Waals surface area contributed by atoms with Crippen molar-refractivity contribution in [2.45, 2.75) is 40.2 Å². The van der Waals surface area contributed by atoms with Crippen LogP contribution in [0.5, 0.6) is 0 Å². The van der Waals surface area contributed by atoms with Crippen LogP contribution in [0.1, 0.15) is 34.6 Å². The molecule has 2 rings (SSSR count). The van der Waals surface area contributed by atoms with Gasteiger partial charge in [0.05, 0.1) is 0 Å². The lowest BCUT2D eigenvalue weighted by molar-refractivity contribution is 0.141. The molecule has 1 saturated heterocycles. The van der Waals surface area contributed by atoms with Gasteiger partial charge in [0.1, 0.15) is 0 Å². The molecule has 13 heavy (non-hydrogen) atoms. The predicted octanol–water partition coefficient (Wildman–Crippen LogP) is 2.62. The van der Waals surface area contributed by atoms with E-state index in [-0.39, 0.29) is 0 Å². The molecule has 0 spiro atoms. The van der Waals surface area contributed by atoms with E-state index < -0.39 is 0 Å². The molecular formula is C12H23N. The van der Waals surface area contributed by atoms with E-state index in [9.17, 15) is 0 Å². The molecule has 0 aromatic rings. The van der Waals surface area contributed by atoms with E-state index in [0.29, 0.717) is 5.54 Å². The highest BCUT2D eigenvalue weighted by Gasteiger charge is 2.57. The molecule has 76 valence electrons. The average molecular weight is 181 g/mol. The fourth-order valence-electron chi connectivity index (χ4n) is 3.11. The fraction of sp³-hybridized carbons (Fsp3) is 1.00. The molecular weight excluding hydrogens is 158 g/mol. The first kappa shape index (κ1) is 9.51. The molecule has 0 radical (unpaired) electrons. The molecule has 2 fully saturated rings. The van der Waals surface area contributed by atoms with E-state index in [1.807, 2.05) is 0 Å². The SMILES string of the molecule is CC(C)C1[C@H]2CN(C(C)(C)C)C[C@@H]12. The summed E-state index contributed by atoms with van der Waals surface area (Å²) in [6, 6.07) is 0. The van der Waals surface area contributed by atoms with Crippen LogP contribution < -0.4 is 0 Å². The monoisotopic (exact) mass is 181 g/mol. The topological polar surface area (TPSA) is 3.24 Å². The third-order valence-electron chi connectivity index (χ3n) is 3.98. The van der Waals surface area contributed by atoms with E-state index in [4.69, 9.17) is 0 Å². The van der Waals surface area contributed by atoms with Gasteiger partial charge in [0.2, 0.25) is 0 Å². The molecule has 3 atom stereocenters. The van der Waals surface area contributed by atoms with Crippen LogP contribution in [0.25, 0.3) is 0 Å². The Labute approximate surface area is 82.5 Å². The molecule has 0 aromatic heterocycles. The van der Waals surface area contributed by atoms with Crippen LogP contribution in [0.15, 0.2) is 0 Å². The first-order chi connectivity index (χ1) is 5.91. The summed E-state index contributed by atoms with van der Waals surface area (Å²) in [5.74, 6) is 4.05. The van der Waals surface area contributed by atoms with Crippen molar-refractivity contribution < 1.29 is 0 Å². The molecule has 0 N–H and O–H groups in total. The summed E-state index contributed by atoms with van der Waals surface area (Å²) in [5, 5.41) is 0. The number of nitrogens with zero attached hydrogens (tertiary/aromatic N) is 1. The number of hydrogen-bond donors (Lipinski definition) is 0. The largest absolute Gasteiger partial charge is 0.298 e. The summed E-state index contributed by atoms with van der Waals surface area (Å²) in [5.41, 5.74) is 0.398. The van der Waals surface area contributed by atoms with E-state index in [2.05, 4.69) is 39.5 Å². The third-order valence-corrected chi connectivity index (χ3v) is 3.98. The number of piperidine rings is 1. The first-order valence-corrected chi connectivity index (χ1v) is 5.66. The Morgan fingerprint density at radius 2 is 1.54 bits per heavy atom. The second-order valence-corrected chi connectivity index (χ2v) is 6.22. The van der Waals surface area contributed by atoms with Crippen LogP contribution >= 0.6 is 0 Å². The molecule has 1 heteroatoms. The normalized spacial score (nSPS) is 39.7. The number of likely N-dealkylation sites (tertiary alicyclic amines) is 1. The highest BCUT2D eigenvalue weighted by molar-refractivity contribution is 5.07. The Morgan fingerprint density at radius 1 is 1.08 bits per heavy atom. The molecule has 1 aliphatic heterocycles. The van der Waals surface area contributed by atoms with Crippen molar-refractivity contribution in [1.82, 2.24) is 4.90 Å². The highest BCUT2D eigenvalue weighted by atomic mass is 15.2. The number of fused-ring (bicyclic) bond motifs is 1. The minimum Gasteiger partial charge on any atom is -0.298 e. The Kier molecular flexibility index (Phi) is 1.99. The molecule has 1 aliphatic carbocycles. The first-order valence-electron chi connectivity index (χ1n) is 5.66. The number of hydrogen-bond acceptors (Lipinski definition) is 1. The Bertz CT molecular complexity index is 190. The molecule has 1 heterocycles. The van der Waals surface area contributed by atoms with Crippen molar-refractivity contribution in [2.75, 3.05) is 13.1 Å². The molecule has 1 unspecified atom stereocenters. The van der Waals surface area contributed by atoms with Gasteiger partial charge in [0, 0.05) is 18.6 Å². The van der Waals surface area contributed by atoms with Gasteiger partial charge in [-0.3, -0.25) is 4.90 Å². The molecule has 1 saturated carbocycles. The van der Waals surface area contributed by atoms with Crippen LogP contribution in [-0.4, -0.2) is 23.5 Å². The molecule has 2 aliphatic rings. The van der Waals surface area contributed by atoms with Gasteiger partial charge in [-0.1, -0.05) is 13.8 Å². The second kappa shape index (κ2) is 2.73. The van der Waals surface area contributed by atoms with Crippen molar-refractivity contribution in [3.05, 3.63) is 0 Å². The second-order valence-electron chi connectivity index (χ2n) is 6.22. The molecule has 0 aromatic carbocycles. The minimum absolute atomic E-state index is 0.398. The van der Waals surface area contributed by atoms with E-state index >= 15 is 0 Å². The summed E-state index contributed by atoms with van der Waals surface area (Å²) >= 11 is 0. The smallest absolute Gasteiger partial charge is 0.0125 e. The van der Waals surface area contributed by atoms with Gasteiger partial charge in [0.15, 0.2) is 0 Å². The lowest BCUT2D eigenvalue weighted by Gasteiger charge is -2.34. The van der Waals surface area contributed by atoms with Gasteiger partial charge in [-0.15, -0.1) is 0 Å². The highest BCUT2D eigenvalue weighted by Crippen LogP contribution is 2.56. The maximum absolute atomic E-state index is 2.65. The average Bonchev–Trinajstić information content (AvgIpc) is 2.46. The lowest BCUT2D eigenvalue weighted by atomic mass is 10.0. The van der Waals surface area contributed by atoms with Crippen molar-refractivity contribution in [2.24, 2.45) is 23.7 Å². The van der Waals surface area contributed by atoms with E-state index in [1.165, 1.54) is 13.1 Å². The van der Waals surface area contributed by atoms with Crippen molar-refractivity contribution >= 4 is 0 Å². The Morgan fingerprint density at radius 3 is 1.85 bits per heavy atom. The van der Waals surface area contributed by atoms with Gasteiger partial charge in [-0.2, -0.15) is 0 Å². The number of rotatable bonds is 1. The quantitative estimate of drug-likeness (QED) is 0.601.